The highest BCUT2D eigenvalue weighted by molar-refractivity contribution is 5.69. The first-order valence-corrected chi connectivity index (χ1v) is 9.11. The number of hydrogen-bond donors (Lipinski definition) is 2. The molecule has 33 heavy (non-hydrogen) atoms. The second-order valence-corrected chi connectivity index (χ2v) is 6.21. The van der Waals surface area contributed by atoms with Crippen LogP contribution in [0.2, 0.25) is 0 Å². The van der Waals surface area contributed by atoms with Crippen molar-refractivity contribution in [3.8, 4) is 0 Å². The van der Waals surface area contributed by atoms with E-state index in [1.54, 1.807) is 0 Å². The fraction of sp³-hybridized carbons (Fsp3) is 0.176. The lowest BCUT2D eigenvalue weighted by Gasteiger charge is -2.02. The number of nitrogens with zero attached hydrogens (tertiary/aromatic N) is 6. The van der Waals surface area contributed by atoms with Crippen LogP contribution in [0.3, 0.4) is 0 Å². The van der Waals surface area contributed by atoms with Gasteiger partial charge in [-0.3, -0.25) is 51.3 Å². The maximum Gasteiger partial charge on any atom is 0.301 e. The number of hydrogen-bond acceptors (Lipinski definition) is 12. The fourth-order valence-electron chi connectivity index (χ4n) is 2.42. The predicted octanol–water partition coefficient (Wildman–Crippen LogP) is 3.99. The van der Waals surface area contributed by atoms with Gasteiger partial charge in [0.2, 0.25) is 0 Å². The molecule has 0 amide bonds. The van der Waals surface area contributed by atoms with E-state index < -0.39 is 42.4 Å². The van der Waals surface area contributed by atoms with E-state index in [0.717, 1.165) is 24.3 Å². The van der Waals surface area contributed by atoms with Crippen molar-refractivity contribution in [1.29, 1.82) is 0 Å². The fourth-order valence-corrected chi connectivity index (χ4v) is 2.42. The summed E-state index contributed by atoms with van der Waals surface area (Å²) in [6.45, 7) is 0. The molecule has 0 fully saturated rings. The Labute approximate surface area is 184 Å². The standard InChI is InChI=1S/C17H16N8O8/c26-22(27)12-4-6-14(16(10-12)24(30)31)20-18-8-2-1-3-9-19-21-15-7-5-13(23(28)29)11-17(15)25(32)33/h4-11,20-21H,1-3H2/b18-8-,19-9-. The Morgan fingerprint density at radius 1 is 0.667 bits per heavy atom. The highest BCUT2D eigenvalue weighted by Crippen LogP contribution is 2.29. The summed E-state index contributed by atoms with van der Waals surface area (Å²) in [5.41, 5.74) is 3.12. The van der Waals surface area contributed by atoms with E-state index in [4.69, 9.17) is 0 Å². The van der Waals surface area contributed by atoms with Gasteiger partial charge in [0, 0.05) is 24.6 Å². The molecule has 172 valence electrons. The Morgan fingerprint density at radius 3 is 1.39 bits per heavy atom. The van der Waals surface area contributed by atoms with Gasteiger partial charge in [0.15, 0.2) is 0 Å². The number of nitrogens with one attached hydrogen (secondary N) is 2. The third kappa shape index (κ3) is 7.02. The van der Waals surface area contributed by atoms with E-state index in [9.17, 15) is 40.5 Å². The van der Waals surface area contributed by atoms with Gasteiger partial charge in [-0.2, -0.15) is 10.2 Å². The third-order valence-corrected chi connectivity index (χ3v) is 4.00. The van der Waals surface area contributed by atoms with Crippen LogP contribution in [-0.4, -0.2) is 32.1 Å². The van der Waals surface area contributed by atoms with Crippen molar-refractivity contribution < 1.29 is 19.7 Å². The molecule has 2 rings (SSSR count). The largest absolute Gasteiger partial charge is 0.301 e. The first-order chi connectivity index (χ1) is 15.7. The Kier molecular flexibility index (Phi) is 8.37. The highest BCUT2D eigenvalue weighted by Gasteiger charge is 2.20. The zero-order valence-electron chi connectivity index (χ0n) is 16.7. The Balaban J connectivity index is 1.82. The molecule has 0 unspecified atom stereocenters. The van der Waals surface area contributed by atoms with Crippen LogP contribution in [0.15, 0.2) is 46.6 Å². The van der Waals surface area contributed by atoms with Crippen LogP contribution >= 0.6 is 0 Å². The molecule has 0 atom stereocenters. The summed E-state index contributed by atoms with van der Waals surface area (Å²) in [5.74, 6) is 0. The van der Waals surface area contributed by atoms with Gasteiger partial charge in [-0.05, 0) is 31.4 Å². The van der Waals surface area contributed by atoms with E-state index in [1.807, 2.05) is 0 Å². The van der Waals surface area contributed by atoms with Crippen LogP contribution in [-0.2, 0) is 0 Å². The molecule has 0 heterocycles. The summed E-state index contributed by atoms with van der Waals surface area (Å²) in [5, 5.41) is 51.2. The summed E-state index contributed by atoms with van der Waals surface area (Å²) in [4.78, 5) is 40.5. The number of non-ortho nitro benzene ring substituents is 2. The van der Waals surface area contributed by atoms with Gasteiger partial charge in [-0.1, -0.05) is 0 Å². The van der Waals surface area contributed by atoms with Crippen molar-refractivity contribution >= 4 is 46.6 Å². The molecule has 2 N–H and O–H groups in total. The number of rotatable bonds is 12. The van der Waals surface area contributed by atoms with Gasteiger partial charge in [-0.15, -0.1) is 0 Å². The molecule has 0 bridgehead atoms. The van der Waals surface area contributed by atoms with Crippen molar-refractivity contribution in [3.63, 3.8) is 0 Å². The molecular weight excluding hydrogens is 444 g/mol. The van der Waals surface area contributed by atoms with Gasteiger partial charge in [-0.25, -0.2) is 0 Å². The van der Waals surface area contributed by atoms with E-state index >= 15 is 0 Å². The van der Waals surface area contributed by atoms with Crippen LogP contribution < -0.4 is 10.9 Å². The lowest BCUT2D eigenvalue weighted by molar-refractivity contribution is -0.393. The highest BCUT2D eigenvalue weighted by atomic mass is 16.6. The van der Waals surface area contributed by atoms with Gasteiger partial charge < -0.3 is 0 Å². The van der Waals surface area contributed by atoms with Gasteiger partial charge in [0.25, 0.3) is 11.4 Å². The Bertz CT molecular complexity index is 1050. The molecule has 0 saturated carbocycles. The van der Waals surface area contributed by atoms with Crippen molar-refractivity contribution in [2.45, 2.75) is 19.3 Å². The molecule has 16 nitrogen and oxygen atoms in total. The molecule has 0 radical (unpaired) electrons. The maximum absolute atomic E-state index is 11.0. The maximum atomic E-state index is 11.0. The SMILES string of the molecule is O=[N+]([O-])c1ccc(N/N=C\CCC/C=N\Nc2ccc([N+](=O)[O-])cc2[N+](=O)[O-])c([N+](=O)[O-])c1. The van der Waals surface area contributed by atoms with E-state index in [1.165, 1.54) is 24.6 Å². The minimum Gasteiger partial charge on any atom is -0.272 e. The summed E-state index contributed by atoms with van der Waals surface area (Å²) in [6, 6.07) is 6.26. The first kappa shape index (κ1) is 24.3. The van der Waals surface area contributed by atoms with Crippen LogP contribution in [0.1, 0.15) is 19.3 Å². The van der Waals surface area contributed by atoms with E-state index in [0.29, 0.717) is 19.3 Å². The number of benzene rings is 2. The van der Waals surface area contributed by atoms with Crippen molar-refractivity contribution in [2.24, 2.45) is 10.2 Å². The Morgan fingerprint density at radius 2 is 1.06 bits per heavy atom. The zero-order chi connectivity index (χ0) is 24.4. The molecule has 0 aliphatic rings. The summed E-state index contributed by atoms with van der Waals surface area (Å²) in [7, 11) is 0. The van der Waals surface area contributed by atoms with Crippen LogP contribution in [0.4, 0.5) is 34.1 Å². The second kappa shape index (κ2) is 11.4. The molecular formula is C17H16N8O8. The molecule has 2 aromatic rings. The zero-order valence-corrected chi connectivity index (χ0v) is 16.7. The molecule has 0 aliphatic heterocycles. The van der Waals surface area contributed by atoms with Gasteiger partial charge in [0.05, 0.1) is 31.8 Å². The lowest BCUT2D eigenvalue weighted by atomic mass is 10.2. The minimum absolute atomic E-state index is 0.00250. The van der Waals surface area contributed by atoms with Gasteiger partial charge in [0.1, 0.15) is 11.4 Å². The average Bonchev–Trinajstić information content (AvgIpc) is 2.77. The molecule has 2 aromatic carbocycles. The molecule has 0 aromatic heterocycles. The van der Waals surface area contributed by atoms with E-state index in [-0.39, 0.29) is 11.4 Å². The molecule has 0 aliphatic carbocycles. The minimum atomic E-state index is -0.760. The van der Waals surface area contributed by atoms with Crippen molar-refractivity contribution in [2.75, 3.05) is 10.9 Å². The normalized spacial score (nSPS) is 10.9. The second-order valence-electron chi connectivity index (χ2n) is 6.21. The Hall–Kier alpha value is -5.02. The van der Waals surface area contributed by atoms with Crippen molar-refractivity contribution in [3.05, 3.63) is 76.9 Å². The van der Waals surface area contributed by atoms with Gasteiger partial charge >= 0.3 is 11.4 Å². The number of nitro benzene ring substituents is 4. The van der Waals surface area contributed by atoms with E-state index in [2.05, 4.69) is 21.1 Å². The summed E-state index contributed by atoms with van der Waals surface area (Å²) in [6.07, 6.45) is 4.39. The monoisotopic (exact) mass is 460 g/mol. The quantitative estimate of drug-likeness (QED) is 0.200. The van der Waals surface area contributed by atoms with Crippen LogP contribution in [0, 0.1) is 40.5 Å². The summed E-state index contributed by atoms with van der Waals surface area (Å²) < 4.78 is 0. The lowest BCUT2D eigenvalue weighted by Crippen LogP contribution is -1.99. The number of hydrazone groups is 2. The molecule has 0 spiro atoms. The smallest absolute Gasteiger partial charge is 0.272 e. The van der Waals surface area contributed by atoms with Crippen molar-refractivity contribution in [1.82, 2.24) is 0 Å². The third-order valence-electron chi connectivity index (χ3n) is 4.00. The topological polar surface area (TPSA) is 221 Å². The first-order valence-electron chi connectivity index (χ1n) is 9.11. The van der Waals surface area contributed by atoms with Crippen LogP contribution in [0.5, 0.6) is 0 Å². The average molecular weight is 460 g/mol. The molecule has 0 saturated heterocycles. The summed E-state index contributed by atoms with van der Waals surface area (Å²) >= 11 is 0. The predicted molar refractivity (Wildman–Crippen MR) is 118 cm³/mol. The molecule has 16 heteroatoms. The number of unbranched alkanes of at least 4 members (excludes halogenated alkanes) is 2. The van der Waals surface area contributed by atoms with Crippen LogP contribution in [0.25, 0.3) is 0 Å². The number of anilines is 2. The number of nitro groups is 4.